The predicted molar refractivity (Wildman–Crippen MR) is 251 cm³/mol. The summed E-state index contributed by atoms with van der Waals surface area (Å²) in [4.78, 5) is 12.9. The van der Waals surface area contributed by atoms with Crippen molar-refractivity contribution in [1.29, 1.82) is 0 Å². The standard InChI is InChI=1S/C47H70N2O16S2/c1-6-48-41-16-14-37(66(52,53)54)35-39(41)46(2,18-21-60-27-29-64-33-31-62-25-23-58-4)43(48)11-10-12-44-47(3,19-22-61-28-30-65-34-32-63-26-24-59-5)40-36-38(67(55,56)57)15-17-42(40)49(44)20-9-7-8-13-45(50)51/h10-12,14-17,35-36H,6-9,13,18-34H2,1-5H3,(H2-,50,51,52,53,54,55,56,57)/p+1. The molecule has 2 atom stereocenters. The third-order valence-electron chi connectivity index (χ3n) is 12.0. The number of carbonyl (C=O) groups is 1. The molecule has 0 spiro atoms. The molecule has 0 saturated heterocycles. The number of methoxy groups -OCH3 is 2. The van der Waals surface area contributed by atoms with E-state index in [1.807, 2.05) is 39.0 Å². The quantitative estimate of drug-likeness (QED) is 0.0435. The first-order valence-electron chi connectivity index (χ1n) is 22.7. The summed E-state index contributed by atoms with van der Waals surface area (Å²) in [7, 11) is -5.86. The lowest BCUT2D eigenvalue weighted by atomic mass is 9.76. The van der Waals surface area contributed by atoms with Gasteiger partial charge in [-0.15, -0.1) is 0 Å². The zero-order valence-electron chi connectivity index (χ0n) is 39.6. The monoisotopic (exact) mass is 983 g/mol. The molecule has 2 aromatic carbocycles. The molecule has 0 saturated carbocycles. The highest BCUT2D eigenvalue weighted by atomic mass is 32.2. The van der Waals surface area contributed by atoms with E-state index >= 15 is 0 Å². The number of fused-ring (bicyclic) bond motifs is 2. The first-order chi connectivity index (χ1) is 32.0. The molecule has 0 amide bonds. The fourth-order valence-corrected chi connectivity index (χ4v) is 9.38. The molecule has 0 aromatic heterocycles. The van der Waals surface area contributed by atoms with Crippen molar-refractivity contribution in [2.75, 3.05) is 125 Å². The molecule has 2 aliphatic rings. The number of rotatable bonds is 35. The number of carboxylic acid groups (broad SMARTS) is 1. The molecular weight excluding hydrogens is 913 g/mol. The van der Waals surface area contributed by atoms with Gasteiger partial charge in [0.1, 0.15) is 6.54 Å². The van der Waals surface area contributed by atoms with E-state index in [0.717, 1.165) is 22.8 Å². The Morgan fingerprint density at radius 1 is 0.657 bits per heavy atom. The Labute approximate surface area is 396 Å². The van der Waals surface area contributed by atoms with Gasteiger partial charge >= 0.3 is 5.97 Å². The number of hydrogen-bond donors (Lipinski definition) is 3. The Morgan fingerprint density at radius 3 is 1.63 bits per heavy atom. The van der Waals surface area contributed by atoms with Crippen LogP contribution >= 0.6 is 0 Å². The van der Waals surface area contributed by atoms with E-state index in [1.54, 1.807) is 26.4 Å². The van der Waals surface area contributed by atoms with Crippen molar-refractivity contribution in [3.05, 3.63) is 71.5 Å². The van der Waals surface area contributed by atoms with Crippen LogP contribution in [-0.2, 0) is 73.8 Å². The molecule has 0 fully saturated rings. The van der Waals surface area contributed by atoms with Crippen molar-refractivity contribution in [1.82, 2.24) is 0 Å². The summed E-state index contributed by atoms with van der Waals surface area (Å²) in [5, 5.41) is 9.27. The third-order valence-corrected chi connectivity index (χ3v) is 13.7. The van der Waals surface area contributed by atoms with Crippen LogP contribution < -0.4 is 4.90 Å². The molecule has 67 heavy (non-hydrogen) atoms. The topological polar surface area (TPSA) is 226 Å². The van der Waals surface area contributed by atoms with Crippen LogP contribution in [0.25, 0.3) is 0 Å². The largest absolute Gasteiger partial charge is 0.481 e. The fraction of sp³-hybridized carbons (Fsp3) is 0.617. The van der Waals surface area contributed by atoms with Gasteiger partial charge < -0.3 is 47.9 Å². The molecular formula is C47H71N2O16S2+. The lowest BCUT2D eigenvalue weighted by Gasteiger charge is -2.30. The number of hydrogen-bond acceptors (Lipinski definition) is 14. The number of likely N-dealkylation sites (N-methyl/N-ethyl adjacent to an activating group) is 1. The van der Waals surface area contributed by atoms with Gasteiger partial charge in [0.15, 0.2) is 5.71 Å². The van der Waals surface area contributed by atoms with Gasteiger partial charge in [0.2, 0.25) is 5.69 Å². The maximum atomic E-state index is 12.5. The van der Waals surface area contributed by atoms with Gasteiger partial charge in [0.25, 0.3) is 20.2 Å². The van der Waals surface area contributed by atoms with Crippen LogP contribution in [0.2, 0.25) is 0 Å². The number of aliphatic carboxylic acids is 1. The summed E-state index contributed by atoms with van der Waals surface area (Å²) in [5.41, 5.74) is 3.02. The van der Waals surface area contributed by atoms with Crippen molar-refractivity contribution in [3.63, 3.8) is 0 Å². The van der Waals surface area contributed by atoms with Crippen molar-refractivity contribution in [3.8, 4) is 0 Å². The normalized spacial score (nSPS) is 19.0. The van der Waals surface area contributed by atoms with Crippen molar-refractivity contribution in [2.45, 2.75) is 79.9 Å². The van der Waals surface area contributed by atoms with Crippen LogP contribution in [0.1, 0.15) is 70.4 Å². The summed E-state index contributed by atoms with van der Waals surface area (Å²) < 4.78 is 116. The lowest BCUT2D eigenvalue weighted by molar-refractivity contribution is -0.438. The highest BCUT2D eigenvalue weighted by Crippen LogP contribution is 2.51. The number of anilines is 1. The van der Waals surface area contributed by atoms with Crippen molar-refractivity contribution < 1.29 is 78.3 Å². The summed E-state index contributed by atoms with van der Waals surface area (Å²) in [5.74, 6) is -0.867. The van der Waals surface area contributed by atoms with Crippen molar-refractivity contribution >= 4 is 43.3 Å². The second-order valence-electron chi connectivity index (χ2n) is 16.5. The molecule has 0 aliphatic carbocycles. The van der Waals surface area contributed by atoms with E-state index < -0.39 is 37.0 Å². The maximum Gasteiger partial charge on any atom is 0.303 e. The van der Waals surface area contributed by atoms with Gasteiger partial charge in [-0.05, 0) is 88.4 Å². The van der Waals surface area contributed by atoms with Gasteiger partial charge in [-0.1, -0.05) is 6.08 Å². The van der Waals surface area contributed by atoms with Gasteiger partial charge in [0, 0.05) is 81.3 Å². The summed E-state index contributed by atoms with van der Waals surface area (Å²) in [6, 6.07) is 9.18. The number of carboxylic acids is 1. The van der Waals surface area contributed by atoms with Crippen molar-refractivity contribution in [2.24, 2.45) is 0 Å². The minimum atomic E-state index is -4.56. The minimum Gasteiger partial charge on any atom is -0.481 e. The molecule has 18 nitrogen and oxygen atoms in total. The van der Waals surface area contributed by atoms with Crippen LogP contribution in [0.15, 0.2) is 70.1 Å². The lowest BCUT2D eigenvalue weighted by Crippen LogP contribution is -2.33. The molecule has 0 radical (unpaired) electrons. The van der Waals surface area contributed by atoms with Gasteiger partial charge in [-0.25, -0.2) is 0 Å². The molecule has 2 aliphatic heterocycles. The number of allylic oxidation sites excluding steroid dienone is 4. The van der Waals surface area contributed by atoms with E-state index in [9.17, 15) is 35.8 Å². The van der Waals surface area contributed by atoms with E-state index in [1.165, 1.54) is 24.3 Å². The van der Waals surface area contributed by atoms with Crippen LogP contribution in [0.5, 0.6) is 0 Å². The Morgan fingerprint density at radius 2 is 1.13 bits per heavy atom. The predicted octanol–water partition coefficient (Wildman–Crippen LogP) is 5.59. The minimum absolute atomic E-state index is 0.0444. The Balaban J connectivity index is 1.68. The molecule has 2 heterocycles. The fourth-order valence-electron chi connectivity index (χ4n) is 8.37. The zero-order chi connectivity index (χ0) is 48.9. The first-order valence-corrected chi connectivity index (χ1v) is 25.6. The number of ether oxygens (including phenoxy) is 8. The molecule has 3 N–H and O–H groups in total. The number of unbranched alkanes of at least 4 members (excludes halogenated alkanes) is 2. The van der Waals surface area contributed by atoms with Gasteiger partial charge in [-0.2, -0.15) is 21.4 Å². The summed E-state index contributed by atoms with van der Waals surface area (Å²) >= 11 is 0. The SMILES string of the molecule is CCN1/C(=C/C=C/C2=[N+](CCCCCC(=O)O)c3ccc(S(=O)(=O)O)cc3C2(C)CCOCCOCCOCCOC)C(C)(CCOCCOCCOCCOC)c2cc(S(=O)(=O)O)ccc21. The van der Waals surface area contributed by atoms with Crippen LogP contribution in [-0.4, -0.2) is 167 Å². The summed E-state index contributed by atoms with van der Waals surface area (Å²) in [6.45, 7) is 12.6. The maximum absolute atomic E-state index is 12.5. The molecule has 2 unspecified atom stereocenters. The van der Waals surface area contributed by atoms with Gasteiger partial charge in [-0.3, -0.25) is 13.9 Å². The highest BCUT2D eigenvalue weighted by Gasteiger charge is 2.48. The van der Waals surface area contributed by atoms with E-state index in [-0.39, 0.29) is 22.8 Å². The Hall–Kier alpha value is -3.64. The third kappa shape index (κ3) is 16.2. The molecule has 376 valence electrons. The van der Waals surface area contributed by atoms with Crippen LogP contribution in [0, 0.1) is 0 Å². The highest BCUT2D eigenvalue weighted by molar-refractivity contribution is 7.86. The number of benzene rings is 2. The van der Waals surface area contributed by atoms with Gasteiger partial charge in [0.05, 0.1) is 94.5 Å². The molecule has 0 bridgehead atoms. The Kier molecular flexibility index (Phi) is 23.0. The smallest absolute Gasteiger partial charge is 0.303 e. The second-order valence-corrected chi connectivity index (χ2v) is 19.4. The van der Waals surface area contributed by atoms with Crippen LogP contribution in [0.4, 0.5) is 11.4 Å². The number of nitrogens with zero attached hydrogens (tertiary/aromatic N) is 2. The molecule has 4 rings (SSSR count). The van der Waals surface area contributed by atoms with E-state index in [0.29, 0.717) is 142 Å². The van der Waals surface area contributed by atoms with E-state index in [4.69, 9.17) is 37.9 Å². The molecule has 2 aromatic rings. The first kappa shape index (κ1) is 56.0. The average Bonchev–Trinajstić information content (AvgIpc) is 3.66. The summed E-state index contributed by atoms with van der Waals surface area (Å²) in [6.07, 6.45) is 8.60. The van der Waals surface area contributed by atoms with E-state index in [2.05, 4.69) is 9.48 Å². The molecule has 20 heteroatoms. The van der Waals surface area contributed by atoms with Crippen LogP contribution in [0.3, 0.4) is 0 Å². The Bertz CT molecular complexity index is 2210. The average molecular weight is 984 g/mol. The second kappa shape index (κ2) is 27.5. The zero-order valence-corrected chi connectivity index (χ0v) is 41.2.